The summed E-state index contributed by atoms with van der Waals surface area (Å²) in [5.74, 6) is 2.75. The zero-order valence-corrected chi connectivity index (χ0v) is 11.1. The average Bonchev–Trinajstić information content (AvgIpc) is 2.37. The van der Waals surface area contributed by atoms with Crippen molar-refractivity contribution in [1.29, 1.82) is 0 Å². The molecule has 0 saturated carbocycles. The van der Waals surface area contributed by atoms with Gasteiger partial charge in [-0.05, 0) is 19.1 Å². The second kappa shape index (κ2) is 4.93. The normalized spacial score (nSPS) is 13.2. The average molecular weight is 278 g/mol. The van der Waals surface area contributed by atoms with E-state index in [1.807, 2.05) is 18.2 Å². The minimum Gasteiger partial charge on any atom is -0.486 e. The number of fused-ring (bicyclic) bond motifs is 1. The minimum absolute atomic E-state index is 0.410. The Morgan fingerprint density at radius 2 is 1.89 bits per heavy atom. The molecule has 0 bridgehead atoms. The number of anilines is 2. The quantitative estimate of drug-likeness (QED) is 0.855. The van der Waals surface area contributed by atoms with Gasteiger partial charge in [-0.1, -0.05) is 11.6 Å². The first-order valence-corrected chi connectivity index (χ1v) is 6.26. The fourth-order valence-corrected chi connectivity index (χ4v) is 2.09. The zero-order valence-electron chi connectivity index (χ0n) is 10.3. The predicted octanol–water partition coefficient (Wildman–Crippen LogP) is 2.95. The van der Waals surface area contributed by atoms with Crippen molar-refractivity contribution < 1.29 is 9.47 Å². The molecule has 2 heterocycles. The van der Waals surface area contributed by atoms with E-state index in [0.29, 0.717) is 30.0 Å². The lowest BCUT2D eigenvalue weighted by atomic mass is 10.2. The molecule has 0 radical (unpaired) electrons. The van der Waals surface area contributed by atoms with E-state index in [0.717, 1.165) is 17.2 Å². The van der Waals surface area contributed by atoms with E-state index in [9.17, 15) is 0 Å². The van der Waals surface area contributed by atoms with Crippen LogP contribution in [0.3, 0.4) is 0 Å². The van der Waals surface area contributed by atoms with Crippen LogP contribution in [0, 0.1) is 6.92 Å². The van der Waals surface area contributed by atoms with Crippen LogP contribution in [0.2, 0.25) is 5.15 Å². The number of hydrogen-bond acceptors (Lipinski definition) is 5. The Labute approximate surface area is 115 Å². The molecule has 1 aromatic heterocycles. The van der Waals surface area contributed by atoms with E-state index in [2.05, 4.69) is 15.3 Å². The lowest BCUT2D eigenvalue weighted by Crippen LogP contribution is -2.15. The fourth-order valence-electron chi connectivity index (χ4n) is 1.86. The highest BCUT2D eigenvalue weighted by molar-refractivity contribution is 6.29. The molecule has 0 saturated heterocycles. The Balaban J connectivity index is 1.86. The lowest BCUT2D eigenvalue weighted by Gasteiger charge is -2.19. The maximum Gasteiger partial charge on any atom is 0.163 e. The molecule has 0 spiro atoms. The molecule has 0 unspecified atom stereocenters. The standard InChI is InChI=1S/C13H12ClN3O2/c1-8-15-12(14)7-13(16-8)17-9-2-3-10-11(6-9)19-5-4-18-10/h2-3,6-7H,4-5H2,1H3,(H,15,16,17). The summed E-state index contributed by atoms with van der Waals surface area (Å²) in [5, 5.41) is 3.57. The highest BCUT2D eigenvalue weighted by atomic mass is 35.5. The molecule has 19 heavy (non-hydrogen) atoms. The van der Waals surface area contributed by atoms with Gasteiger partial charge in [0.2, 0.25) is 0 Å². The summed E-state index contributed by atoms with van der Waals surface area (Å²) in [5.41, 5.74) is 0.860. The molecule has 98 valence electrons. The molecule has 6 heteroatoms. The van der Waals surface area contributed by atoms with Crippen LogP contribution in [0.25, 0.3) is 0 Å². The van der Waals surface area contributed by atoms with Gasteiger partial charge in [-0.3, -0.25) is 0 Å². The molecule has 2 aromatic rings. The van der Waals surface area contributed by atoms with E-state index >= 15 is 0 Å². The van der Waals surface area contributed by atoms with Gasteiger partial charge in [-0.2, -0.15) is 0 Å². The first kappa shape index (κ1) is 12.0. The lowest BCUT2D eigenvalue weighted by molar-refractivity contribution is 0.171. The summed E-state index contributed by atoms with van der Waals surface area (Å²) in [7, 11) is 0. The van der Waals surface area contributed by atoms with Crippen LogP contribution in [0.1, 0.15) is 5.82 Å². The number of aromatic nitrogens is 2. The molecule has 0 atom stereocenters. The van der Waals surface area contributed by atoms with Crippen LogP contribution in [0.4, 0.5) is 11.5 Å². The third-order valence-corrected chi connectivity index (χ3v) is 2.81. The Morgan fingerprint density at radius 3 is 2.68 bits per heavy atom. The fraction of sp³-hybridized carbons (Fsp3) is 0.231. The number of ether oxygens (including phenoxy) is 2. The molecule has 1 N–H and O–H groups in total. The topological polar surface area (TPSA) is 56.3 Å². The summed E-state index contributed by atoms with van der Waals surface area (Å²) in [6.07, 6.45) is 0. The SMILES string of the molecule is Cc1nc(Cl)cc(Nc2ccc3c(c2)OCCO3)n1. The summed E-state index contributed by atoms with van der Waals surface area (Å²) in [6, 6.07) is 7.32. The molecule has 1 aliphatic heterocycles. The van der Waals surface area contributed by atoms with Gasteiger partial charge in [0, 0.05) is 17.8 Å². The van der Waals surface area contributed by atoms with Crippen molar-refractivity contribution >= 4 is 23.1 Å². The van der Waals surface area contributed by atoms with Crippen LogP contribution in [-0.2, 0) is 0 Å². The summed E-state index contributed by atoms with van der Waals surface area (Å²) >= 11 is 5.90. The van der Waals surface area contributed by atoms with Gasteiger partial charge in [0.25, 0.3) is 0 Å². The van der Waals surface area contributed by atoms with Crippen molar-refractivity contribution in [3.05, 3.63) is 35.2 Å². The van der Waals surface area contributed by atoms with Gasteiger partial charge in [-0.25, -0.2) is 9.97 Å². The third-order valence-electron chi connectivity index (χ3n) is 2.62. The highest BCUT2D eigenvalue weighted by Crippen LogP contribution is 2.33. The van der Waals surface area contributed by atoms with Crippen molar-refractivity contribution in [3.63, 3.8) is 0 Å². The number of rotatable bonds is 2. The molecule has 3 rings (SSSR count). The molecule has 1 aliphatic rings. The third kappa shape index (κ3) is 2.71. The number of nitrogens with one attached hydrogen (secondary N) is 1. The van der Waals surface area contributed by atoms with Crippen LogP contribution < -0.4 is 14.8 Å². The maximum atomic E-state index is 5.90. The smallest absolute Gasteiger partial charge is 0.163 e. The van der Waals surface area contributed by atoms with Crippen LogP contribution in [-0.4, -0.2) is 23.2 Å². The number of halogens is 1. The van der Waals surface area contributed by atoms with E-state index in [-0.39, 0.29) is 0 Å². The predicted molar refractivity (Wildman–Crippen MR) is 72.5 cm³/mol. The molecular formula is C13H12ClN3O2. The maximum absolute atomic E-state index is 5.90. The van der Waals surface area contributed by atoms with E-state index in [4.69, 9.17) is 21.1 Å². The van der Waals surface area contributed by atoms with Gasteiger partial charge in [0.15, 0.2) is 11.5 Å². The Hall–Kier alpha value is -2.01. The summed E-state index contributed by atoms with van der Waals surface area (Å²) in [6.45, 7) is 2.94. The first-order valence-electron chi connectivity index (χ1n) is 5.88. The van der Waals surface area contributed by atoms with Gasteiger partial charge in [-0.15, -0.1) is 0 Å². The molecule has 0 aliphatic carbocycles. The molecule has 5 nitrogen and oxygen atoms in total. The number of hydrogen-bond donors (Lipinski definition) is 1. The molecule has 0 fully saturated rings. The van der Waals surface area contributed by atoms with Crippen molar-refractivity contribution in [2.75, 3.05) is 18.5 Å². The highest BCUT2D eigenvalue weighted by Gasteiger charge is 2.12. The Kier molecular flexibility index (Phi) is 3.13. The number of nitrogens with zero attached hydrogens (tertiary/aromatic N) is 2. The van der Waals surface area contributed by atoms with E-state index in [1.165, 1.54) is 0 Å². The second-order valence-electron chi connectivity index (χ2n) is 4.11. The summed E-state index contributed by atoms with van der Waals surface area (Å²) in [4.78, 5) is 8.28. The van der Waals surface area contributed by atoms with Crippen molar-refractivity contribution in [1.82, 2.24) is 9.97 Å². The van der Waals surface area contributed by atoms with E-state index < -0.39 is 0 Å². The molecule has 1 aromatic carbocycles. The zero-order chi connectivity index (χ0) is 13.2. The van der Waals surface area contributed by atoms with Crippen LogP contribution >= 0.6 is 11.6 Å². The molecule has 0 amide bonds. The van der Waals surface area contributed by atoms with Crippen molar-refractivity contribution in [2.24, 2.45) is 0 Å². The van der Waals surface area contributed by atoms with Crippen LogP contribution in [0.15, 0.2) is 24.3 Å². The number of benzene rings is 1. The Bertz CT molecular complexity index is 599. The Morgan fingerprint density at radius 1 is 1.11 bits per heavy atom. The molecular weight excluding hydrogens is 266 g/mol. The van der Waals surface area contributed by atoms with Crippen molar-refractivity contribution in [2.45, 2.75) is 6.92 Å². The largest absolute Gasteiger partial charge is 0.486 e. The minimum atomic E-state index is 0.410. The van der Waals surface area contributed by atoms with Gasteiger partial charge in [0.1, 0.15) is 30.0 Å². The van der Waals surface area contributed by atoms with Gasteiger partial charge in [0.05, 0.1) is 0 Å². The van der Waals surface area contributed by atoms with Crippen LogP contribution in [0.5, 0.6) is 11.5 Å². The first-order chi connectivity index (χ1) is 9.20. The second-order valence-corrected chi connectivity index (χ2v) is 4.49. The van der Waals surface area contributed by atoms with Crippen molar-refractivity contribution in [3.8, 4) is 11.5 Å². The van der Waals surface area contributed by atoms with Gasteiger partial charge >= 0.3 is 0 Å². The van der Waals surface area contributed by atoms with E-state index in [1.54, 1.807) is 13.0 Å². The van der Waals surface area contributed by atoms with Gasteiger partial charge < -0.3 is 14.8 Å². The summed E-state index contributed by atoms with van der Waals surface area (Å²) < 4.78 is 11.0. The number of aryl methyl sites for hydroxylation is 1. The monoisotopic (exact) mass is 277 g/mol.